The Hall–Kier alpha value is 0.0500. The van der Waals surface area contributed by atoms with Crippen molar-refractivity contribution in [3.63, 3.8) is 0 Å². The maximum absolute atomic E-state index is 6.21. The summed E-state index contributed by atoms with van der Waals surface area (Å²) in [5.41, 5.74) is 1.39. The van der Waals surface area contributed by atoms with Crippen molar-refractivity contribution in [2.24, 2.45) is 17.8 Å². The highest BCUT2D eigenvalue weighted by Gasteiger charge is 2.43. The summed E-state index contributed by atoms with van der Waals surface area (Å²) in [6.45, 7) is 1.12. The minimum Gasteiger partial charge on any atom is -0.319 e. The molecule has 2 atom stereocenters. The van der Waals surface area contributed by atoms with Crippen LogP contribution in [0, 0.1) is 17.8 Å². The Labute approximate surface area is 137 Å². The molecule has 4 rings (SSSR count). The van der Waals surface area contributed by atoms with Crippen LogP contribution in [-0.2, 0) is 0 Å². The van der Waals surface area contributed by atoms with Crippen molar-refractivity contribution in [1.29, 1.82) is 0 Å². The van der Waals surface area contributed by atoms with Gasteiger partial charge in [-0.05, 0) is 80.6 Å². The first-order chi connectivity index (χ1) is 9.20. The second-order valence-electron chi connectivity index (χ2n) is 6.10. The molecule has 0 aromatic heterocycles. The van der Waals surface area contributed by atoms with E-state index in [1.165, 1.54) is 31.2 Å². The first-order valence-corrected chi connectivity index (χ1v) is 8.06. The third kappa shape index (κ3) is 2.97. The monoisotopic (exact) mass is 333 g/mol. The van der Waals surface area contributed by atoms with E-state index in [2.05, 4.69) is 24.5 Å². The average molecular weight is 335 g/mol. The third-order valence-electron chi connectivity index (χ3n) is 5.16. The van der Waals surface area contributed by atoms with Crippen LogP contribution < -0.4 is 5.32 Å². The fraction of sp³-hybridized carbons (Fsp3) is 0.625. The lowest BCUT2D eigenvalue weighted by Crippen LogP contribution is -2.42. The minimum atomic E-state index is 0. The largest absolute Gasteiger partial charge is 0.319 e. The van der Waals surface area contributed by atoms with Crippen molar-refractivity contribution in [2.75, 3.05) is 13.6 Å². The van der Waals surface area contributed by atoms with E-state index < -0.39 is 0 Å². The van der Waals surface area contributed by atoms with Gasteiger partial charge in [0.15, 0.2) is 0 Å². The van der Waals surface area contributed by atoms with E-state index in [-0.39, 0.29) is 12.4 Å². The highest BCUT2D eigenvalue weighted by atomic mass is 35.5. The third-order valence-corrected chi connectivity index (χ3v) is 5.90. The van der Waals surface area contributed by atoms with Gasteiger partial charge < -0.3 is 5.32 Å². The van der Waals surface area contributed by atoms with Gasteiger partial charge in [0.25, 0.3) is 0 Å². The lowest BCUT2D eigenvalue weighted by Gasteiger charge is -2.49. The van der Waals surface area contributed by atoms with Crippen LogP contribution in [0.15, 0.2) is 18.2 Å². The Morgan fingerprint density at radius 1 is 1.05 bits per heavy atom. The molecular formula is C16H22Cl3N. The van der Waals surface area contributed by atoms with Gasteiger partial charge in [-0.2, -0.15) is 0 Å². The van der Waals surface area contributed by atoms with Gasteiger partial charge in [-0.1, -0.05) is 29.3 Å². The van der Waals surface area contributed by atoms with E-state index >= 15 is 0 Å². The fourth-order valence-corrected chi connectivity index (χ4v) is 4.65. The van der Waals surface area contributed by atoms with Crippen LogP contribution in [0.25, 0.3) is 0 Å². The molecule has 0 amide bonds. The van der Waals surface area contributed by atoms with Crippen molar-refractivity contribution in [3.05, 3.63) is 33.8 Å². The molecule has 0 unspecified atom stereocenters. The van der Waals surface area contributed by atoms with E-state index in [0.29, 0.717) is 16.0 Å². The number of rotatable bonds is 3. The number of hydrogen-bond acceptors (Lipinski definition) is 1. The number of nitrogens with one attached hydrogen (secondary N) is 1. The van der Waals surface area contributed by atoms with Crippen LogP contribution in [0.4, 0.5) is 0 Å². The van der Waals surface area contributed by atoms with Gasteiger partial charge in [0.1, 0.15) is 0 Å². The van der Waals surface area contributed by atoms with Gasteiger partial charge in [0.05, 0.1) is 10.0 Å². The molecule has 0 saturated heterocycles. The van der Waals surface area contributed by atoms with Crippen molar-refractivity contribution in [3.8, 4) is 0 Å². The minimum absolute atomic E-state index is 0. The number of benzene rings is 1. The van der Waals surface area contributed by atoms with Crippen LogP contribution in [0.3, 0.4) is 0 Å². The highest BCUT2D eigenvalue weighted by Crippen LogP contribution is 2.53. The maximum atomic E-state index is 6.21. The Kier molecular flexibility index (Phi) is 5.64. The Balaban J connectivity index is 0.00000147. The first kappa shape index (κ1) is 16.4. The van der Waals surface area contributed by atoms with Gasteiger partial charge in [0.2, 0.25) is 0 Å². The van der Waals surface area contributed by atoms with E-state index in [1.54, 1.807) is 0 Å². The van der Waals surface area contributed by atoms with Crippen LogP contribution in [0.2, 0.25) is 10.0 Å². The summed E-state index contributed by atoms with van der Waals surface area (Å²) in [4.78, 5) is 0. The van der Waals surface area contributed by atoms with Crippen molar-refractivity contribution in [2.45, 2.75) is 31.6 Å². The molecule has 3 aliphatic rings. The Bertz CT molecular complexity index is 455. The molecular weight excluding hydrogens is 313 g/mol. The molecule has 1 aromatic carbocycles. The zero-order valence-corrected chi connectivity index (χ0v) is 14.1. The van der Waals surface area contributed by atoms with Gasteiger partial charge in [-0.25, -0.2) is 0 Å². The van der Waals surface area contributed by atoms with E-state index in [4.69, 9.17) is 23.2 Å². The van der Waals surface area contributed by atoms with Crippen molar-refractivity contribution in [1.82, 2.24) is 5.32 Å². The predicted octanol–water partition coefficient (Wildman–Crippen LogP) is 5.15. The summed E-state index contributed by atoms with van der Waals surface area (Å²) >= 11 is 12.3. The molecule has 4 heteroatoms. The van der Waals surface area contributed by atoms with Gasteiger partial charge >= 0.3 is 0 Å². The summed E-state index contributed by atoms with van der Waals surface area (Å²) in [5.74, 6) is 3.14. The first-order valence-electron chi connectivity index (χ1n) is 7.30. The summed E-state index contributed by atoms with van der Waals surface area (Å²) in [5, 5.41) is 4.75. The molecule has 1 N–H and O–H groups in total. The van der Waals surface area contributed by atoms with Gasteiger partial charge in [-0.15, -0.1) is 12.4 Å². The summed E-state index contributed by atoms with van der Waals surface area (Å²) in [6.07, 6.45) is 5.59. The molecule has 1 nitrogen and oxygen atoms in total. The second-order valence-corrected chi connectivity index (χ2v) is 6.91. The Morgan fingerprint density at radius 2 is 1.70 bits per heavy atom. The fourth-order valence-electron chi connectivity index (χ4n) is 4.34. The molecule has 0 radical (unpaired) electrons. The SMILES string of the molecule is CNC[C@@H]1C2CCC(CC2)[C@@H]1c1ccc(Cl)c(Cl)c1.Cl. The summed E-state index contributed by atoms with van der Waals surface area (Å²) in [6, 6.07) is 6.23. The average Bonchev–Trinajstić information content (AvgIpc) is 2.44. The normalized spacial score (nSPS) is 31.9. The van der Waals surface area contributed by atoms with E-state index in [1.807, 2.05) is 6.07 Å². The Morgan fingerprint density at radius 3 is 2.30 bits per heavy atom. The molecule has 112 valence electrons. The number of halogens is 3. The standard InChI is InChI=1S/C16H21Cl2N.ClH/c1-19-9-13-10-2-4-11(5-3-10)16(13)12-6-7-14(17)15(18)8-12;/h6-8,10-11,13,16,19H,2-5,9H2,1H3;1H/t10?,11?,13-,16-;/m1./s1. The van der Waals surface area contributed by atoms with E-state index in [9.17, 15) is 0 Å². The molecule has 3 aliphatic carbocycles. The second kappa shape index (κ2) is 6.87. The maximum Gasteiger partial charge on any atom is 0.0595 e. The molecule has 2 bridgehead atoms. The van der Waals surface area contributed by atoms with Crippen molar-refractivity contribution >= 4 is 35.6 Å². The highest BCUT2D eigenvalue weighted by molar-refractivity contribution is 6.42. The van der Waals surface area contributed by atoms with Crippen molar-refractivity contribution < 1.29 is 0 Å². The lowest BCUT2D eigenvalue weighted by atomic mass is 9.57. The van der Waals surface area contributed by atoms with Crippen LogP contribution in [0.1, 0.15) is 37.2 Å². The van der Waals surface area contributed by atoms with Gasteiger partial charge in [-0.3, -0.25) is 0 Å². The zero-order valence-electron chi connectivity index (χ0n) is 11.7. The molecule has 0 aliphatic heterocycles. The van der Waals surface area contributed by atoms with Crippen LogP contribution >= 0.6 is 35.6 Å². The molecule has 3 saturated carbocycles. The predicted molar refractivity (Wildman–Crippen MR) is 89.3 cm³/mol. The zero-order chi connectivity index (χ0) is 13.4. The van der Waals surface area contributed by atoms with Gasteiger partial charge in [0, 0.05) is 0 Å². The molecule has 20 heavy (non-hydrogen) atoms. The lowest BCUT2D eigenvalue weighted by molar-refractivity contribution is 0.0688. The quantitative estimate of drug-likeness (QED) is 0.805. The smallest absolute Gasteiger partial charge is 0.0595 e. The van der Waals surface area contributed by atoms with E-state index in [0.717, 1.165) is 24.3 Å². The molecule has 0 heterocycles. The molecule has 0 spiro atoms. The molecule has 3 fully saturated rings. The van der Waals surface area contributed by atoms with Crippen LogP contribution in [-0.4, -0.2) is 13.6 Å². The summed E-state index contributed by atoms with van der Waals surface area (Å²) in [7, 11) is 2.06. The van der Waals surface area contributed by atoms with Crippen LogP contribution in [0.5, 0.6) is 0 Å². The number of hydrogen-bond donors (Lipinski definition) is 1. The number of fused-ring (bicyclic) bond motifs is 3. The molecule has 1 aromatic rings. The summed E-state index contributed by atoms with van der Waals surface area (Å²) < 4.78 is 0. The topological polar surface area (TPSA) is 12.0 Å².